The lowest BCUT2D eigenvalue weighted by Crippen LogP contribution is -2.20. The Morgan fingerprint density at radius 1 is 1.08 bits per heavy atom. The fourth-order valence-electron chi connectivity index (χ4n) is 2.17. The SMILES string of the molecule is Cc1nonc1NS(=O)(=O)c1ccc(C(F)(F)F)c(S(C)(=O)=O)c1C. The van der Waals surface area contributed by atoms with Crippen molar-refractivity contribution in [2.24, 2.45) is 0 Å². The molecule has 0 amide bonds. The summed E-state index contributed by atoms with van der Waals surface area (Å²) >= 11 is 0. The summed E-state index contributed by atoms with van der Waals surface area (Å²) < 4.78 is 94.0. The van der Waals surface area contributed by atoms with Crippen LogP contribution in [-0.2, 0) is 26.0 Å². The fraction of sp³-hybridized carbons (Fsp3) is 0.333. The van der Waals surface area contributed by atoms with Gasteiger partial charge in [0.2, 0.25) is 5.82 Å². The quantitative estimate of drug-likeness (QED) is 0.834. The van der Waals surface area contributed by atoms with E-state index in [4.69, 9.17) is 0 Å². The van der Waals surface area contributed by atoms with E-state index in [0.717, 1.165) is 6.92 Å². The smallest absolute Gasteiger partial charge is 0.259 e. The number of halogens is 3. The molecule has 138 valence electrons. The number of sulfonamides is 1. The maximum absolute atomic E-state index is 13.1. The molecule has 0 aliphatic carbocycles. The van der Waals surface area contributed by atoms with E-state index in [1.54, 1.807) is 0 Å². The molecule has 0 saturated carbocycles. The van der Waals surface area contributed by atoms with Gasteiger partial charge in [0.05, 0.1) is 15.4 Å². The first-order valence-electron chi connectivity index (χ1n) is 6.48. The van der Waals surface area contributed by atoms with Gasteiger partial charge in [0.25, 0.3) is 10.0 Å². The van der Waals surface area contributed by atoms with Gasteiger partial charge in [-0.15, -0.1) is 0 Å². The Kier molecular flexibility index (Phi) is 4.59. The molecule has 13 heteroatoms. The van der Waals surface area contributed by atoms with Crippen LogP contribution in [0.25, 0.3) is 0 Å². The summed E-state index contributed by atoms with van der Waals surface area (Å²) in [5.41, 5.74) is -1.90. The number of anilines is 1. The van der Waals surface area contributed by atoms with E-state index < -0.39 is 47.0 Å². The molecule has 0 radical (unpaired) electrons. The van der Waals surface area contributed by atoms with E-state index in [9.17, 15) is 30.0 Å². The monoisotopic (exact) mass is 399 g/mol. The fourth-order valence-corrected chi connectivity index (χ4v) is 4.79. The molecule has 0 aliphatic rings. The van der Waals surface area contributed by atoms with Crippen molar-refractivity contribution < 1.29 is 34.6 Å². The average molecular weight is 399 g/mol. The number of sulfone groups is 1. The summed E-state index contributed by atoms with van der Waals surface area (Å²) in [5, 5.41) is 6.67. The molecule has 0 unspecified atom stereocenters. The van der Waals surface area contributed by atoms with Gasteiger partial charge in [-0.05, 0) is 36.7 Å². The van der Waals surface area contributed by atoms with Crippen molar-refractivity contribution in [3.05, 3.63) is 29.0 Å². The first-order valence-corrected chi connectivity index (χ1v) is 9.85. The standard InChI is InChI=1S/C12H12F3N3O5S2/c1-6-9(25(21,22)18-11-7(2)16-23-17-11)5-4-8(12(13,14)15)10(6)24(3,19)20/h4-5H,1-3H3,(H,17,18). The van der Waals surface area contributed by atoms with Gasteiger partial charge in [0, 0.05) is 6.26 Å². The van der Waals surface area contributed by atoms with Gasteiger partial charge in [0.1, 0.15) is 5.69 Å². The number of aromatic nitrogens is 2. The van der Waals surface area contributed by atoms with Gasteiger partial charge < -0.3 is 0 Å². The zero-order valence-corrected chi connectivity index (χ0v) is 14.7. The first kappa shape index (κ1) is 19.2. The van der Waals surface area contributed by atoms with E-state index in [2.05, 4.69) is 14.9 Å². The van der Waals surface area contributed by atoms with Crippen molar-refractivity contribution in [2.45, 2.75) is 29.8 Å². The zero-order valence-electron chi connectivity index (χ0n) is 13.0. The first-order chi connectivity index (χ1) is 11.2. The molecular formula is C12H12F3N3O5S2. The Morgan fingerprint density at radius 2 is 1.68 bits per heavy atom. The number of nitrogens with zero attached hydrogens (tertiary/aromatic N) is 2. The Labute approximate surface area is 141 Å². The summed E-state index contributed by atoms with van der Waals surface area (Å²) in [6.45, 7) is 2.37. The lowest BCUT2D eigenvalue weighted by atomic mass is 10.1. The van der Waals surface area contributed by atoms with Crippen LogP contribution in [0.1, 0.15) is 16.8 Å². The van der Waals surface area contributed by atoms with Crippen molar-refractivity contribution in [3.63, 3.8) is 0 Å². The summed E-state index contributed by atoms with van der Waals surface area (Å²) in [4.78, 5) is -1.74. The van der Waals surface area contributed by atoms with E-state index in [1.165, 1.54) is 6.92 Å². The van der Waals surface area contributed by atoms with Crippen molar-refractivity contribution in [1.82, 2.24) is 10.3 Å². The average Bonchev–Trinajstić information content (AvgIpc) is 2.80. The topological polar surface area (TPSA) is 119 Å². The molecule has 0 bridgehead atoms. The molecular weight excluding hydrogens is 387 g/mol. The second-order valence-electron chi connectivity index (χ2n) is 5.14. The second-order valence-corrected chi connectivity index (χ2v) is 8.74. The largest absolute Gasteiger partial charge is 0.417 e. The van der Waals surface area contributed by atoms with Crippen LogP contribution in [0.5, 0.6) is 0 Å². The van der Waals surface area contributed by atoms with E-state index in [1.807, 2.05) is 4.72 Å². The Bertz CT molecular complexity index is 1030. The molecule has 0 spiro atoms. The highest BCUT2D eigenvalue weighted by Gasteiger charge is 2.38. The summed E-state index contributed by atoms with van der Waals surface area (Å²) in [6.07, 6.45) is -4.40. The van der Waals surface area contributed by atoms with Crippen molar-refractivity contribution in [2.75, 3.05) is 11.0 Å². The van der Waals surface area contributed by atoms with Crippen LogP contribution in [0.15, 0.2) is 26.6 Å². The van der Waals surface area contributed by atoms with Gasteiger partial charge in [-0.25, -0.2) is 21.5 Å². The number of alkyl halides is 3. The van der Waals surface area contributed by atoms with Crippen LogP contribution in [0.4, 0.5) is 19.0 Å². The maximum Gasteiger partial charge on any atom is 0.417 e. The predicted octanol–water partition coefficient (Wildman–Crippen LogP) is 1.91. The molecule has 1 heterocycles. The van der Waals surface area contributed by atoms with Crippen LogP contribution in [-0.4, -0.2) is 33.4 Å². The summed E-state index contributed by atoms with van der Waals surface area (Å²) in [6, 6.07) is 1.09. The zero-order chi connectivity index (χ0) is 19.2. The number of hydrogen-bond acceptors (Lipinski definition) is 7. The predicted molar refractivity (Wildman–Crippen MR) is 79.1 cm³/mol. The highest BCUT2D eigenvalue weighted by molar-refractivity contribution is 7.93. The van der Waals surface area contributed by atoms with Gasteiger partial charge in [-0.2, -0.15) is 13.2 Å². The molecule has 1 aromatic heterocycles. The lowest BCUT2D eigenvalue weighted by Gasteiger charge is -2.17. The Balaban J connectivity index is 2.70. The Hall–Kier alpha value is -2.15. The van der Waals surface area contributed by atoms with E-state index >= 15 is 0 Å². The molecule has 2 rings (SSSR count). The lowest BCUT2D eigenvalue weighted by molar-refractivity contribution is -0.140. The van der Waals surface area contributed by atoms with Crippen molar-refractivity contribution in [1.29, 1.82) is 0 Å². The second kappa shape index (κ2) is 5.98. The van der Waals surface area contributed by atoms with Gasteiger partial charge >= 0.3 is 6.18 Å². The van der Waals surface area contributed by atoms with Crippen molar-refractivity contribution >= 4 is 25.7 Å². The van der Waals surface area contributed by atoms with E-state index in [-0.39, 0.29) is 11.5 Å². The molecule has 0 fully saturated rings. The van der Waals surface area contributed by atoms with Crippen LogP contribution in [0.2, 0.25) is 0 Å². The number of nitrogens with one attached hydrogen (secondary N) is 1. The minimum Gasteiger partial charge on any atom is -0.259 e. The molecule has 0 aliphatic heterocycles. The number of rotatable bonds is 4. The molecule has 0 saturated heterocycles. The summed E-state index contributed by atoms with van der Waals surface area (Å²) in [5.74, 6) is -0.264. The van der Waals surface area contributed by atoms with Gasteiger partial charge in [-0.1, -0.05) is 5.16 Å². The van der Waals surface area contributed by atoms with Crippen molar-refractivity contribution in [3.8, 4) is 0 Å². The van der Waals surface area contributed by atoms with Gasteiger partial charge in [0.15, 0.2) is 9.84 Å². The Morgan fingerprint density at radius 3 is 2.12 bits per heavy atom. The molecule has 0 atom stereocenters. The normalized spacial score (nSPS) is 13.0. The highest BCUT2D eigenvalue weighted by Crippen LogP contribution is 2.38. The van der Waals surface area contributed by atoms with Gasteiger partial charge in [-0.3, -0.25) is 4.72 Å². The number of aryl methyl sites for hydroxylation is 1. The third-order valence-electron chi connectivity index (χ3n) is 3.21. The molecule has 1 aromatic carbocycles. The minimum absolute atomic E-state index is 0.0940. The molecule has 1 N–H and O–H groups in total. The third kappa shape index (κ3) is 3.76. The molecule has 8 nitrogen and oxygen atoms in total. The van der Waals surface area contributed by atoms with Crippen LogP contribution >= 0.6 is 0 Å². The summed E-state index contributed by atoms with van der Waals surface area (Å²) in [7, 11) is -8.78. The highest BCUT2D eigenvalue weighted by atomic mass is 32.2. The maximum atomic E-state index is 13.1. The van der Waals surface area contributed by atoms with Crippen LogP contribution in [0, 0.1) is 13.8 Å². The minimum atomic E-state index is -4.97. The van der Waals surface area contributed by atoms with E-state index in [0.29, 0.717) is 18.4 Å². The van der Waals surface area contributed by atoms with Crippen LogP contribution in [0.3, 0.4) is 0 Å². The number of benzene rings is 1. The molecule has 2 aromatic rings. The number of hydrogen-bond donors (Lipinski definition) is 1. The third-order valence-corrected chi connectivity index (χ3v) is 5.96. The molecule has 25 heavy (non-hydrogen) atoms. The van der Waals surface area contributed by atoms with Crippen LogP contribution < -0.4 is 4.72 Å².